The number of hydrogen-bond donors (Lipinski definition) is 0. The number of hydrogen-bond acceptors (Lipinski definition) is 4. The van der Waals surface area contributed by atoms with Crippen molar-refractivity contribution >= 4 is 29.3 Å². The number of nitrogens with zero attached hydrogens (tertiary/aromatic N) is 1. The average molecular weight is 329 g/mol. The smallest absolute Gasteiger partial charge is 0.181 e. The summed E-state index contributed by atoms with van der Waals surface area (Å²) in [4.78, 5) is 17.4. The van der Waals surface area contributed by atoms with Gasteiger partial charge in [0, 0.05) is 30.1 Å². The topological polar surface area (TPSA) is 20.3 Å². The Bertz CT molecular complexity index is 624. The Hall–Kier alpha value is -1.65. The molecule has 0 amide bonds. The van der Waals surface area contributed by atoms with Gasteiger partial charge >= 0.3 is 0 Å². The summed E-state index contributed by atoms with van der Waals surface area (Å²) in [5.74, 6) is 0.597. The fraction of sp³-hybridized carbons (Fsp3) is 0.167. The molecule has 0 fully saturated rings. The molecule has 0 saturated carbocycles. The molecule has 22 heavy (non-hydrogen) atoms. The van der Waals surface area contributed by atoms with Crippen LogP contribution in [0.25, 0.3) is 0 Å². The lowest BCUT2D eigenvalue weighted by atomic mass is 10.4. The number of benzene rings is 2. The fourth-order valence-corrected chi connectivity index (χ4v) is 3.63. The van der Waals surface area contributed by atoms with Gasteiger partial charge in [0.1, 0.15) is 0 Å². The third kappa shape index (κ3) is 5.62. The zero-order valence-corrected chi connectivity index (χ0v) is 14.4. The molecule has 2 aromatic carbocycles. The Morgan fingerprint density at radius 1 is 0.955 bits per heavy atom. The summed E-state index contributed by atoms with van der Waals surface area (Å²) in [5, 5.41) is 0. The van der Waals surface area contributed by atoms with Gasteiger partial charge in [0.05, 0.1) is 10.7 Å². The van der Waals surface area contributed by atoms with E-state index >= 15 is 0 Å². The highest BCUT2D eigenvalue weighted by Gasteiger charge is 2.12. The second-order valence-electron chi connectivity index (χ2n) is 4.90. The van der Waals surface area contributed by atoms with E-state index in [0.29, 0.717) is 5.75 Å². The van der Waals surface area contributed by atoms with Crippen LogP contribution in [-0.4, -0.2) is 30.5 Å². The number of rotatable bonds is 7. The van der Waals surface area contributed by atoms with Crippen LogP contribution < -0.4 is 0 Å². The first kappa shape index (κ1) is 16.7. The van der Waals surface area contributed by atoms with Gasteiger partial charge in [-0.05, 0) is 24.3 Å². The summed E-state index contributed by atoms with van der Waals surface area (Å²) >= 11 is 3.09. The molecule has 114 valence electrons. The van der Waals surface area contributed by atoms with E-state index in [2.05, 4.69) is 0 Å². The van der Waals surface area contributed by atoms with Crippen molar-refractivity contribution in [2.24, 2.45) is 0 Å². The summed E-state index contributed by atoms with van der Waals surface area (Å²) in [7, 11) is 3.87. The number of ketones is 1. The highest BCUT2D eigenvalue weighted by molar-refractivity contribution is 8.04. The van der Waals surface area contributed by atoms with E-state index in [4.69, 9.17) is 0 Å². The van der Waals surface area contributed by atoms with Gasteiger partial charge in [-0.15, -0.1) is 11.8 Å². The molecule has 2 rings (SSSR count). The molecular formula is C18H19NOS2. The minimum Gasteiger partial charge on any atom is -0.382 e. The van der Waals surface area contributed by atoms with Crippen LogP contribution >= 0.6 is 23.5 Å². The van der Waals surface area contributed by atoms with Crippen LogP contribution in [0, 0.1) is 0 Å². The van der Waals surface area contributed by atoms with Crippen molar-refractivity contribution in [3.8, 4) is 0 Å². The van der Waals surface area contributed by atoms with Gasteiger partial charge in [0.25, 0.3) is 0 Å². The van der Waals surface area contributed by atoms with E-state index in [0.717, 1.165) is 14.7 Å². The Morgan fingerprint density at radius 3 is 2.05 bits per heavy atom. The minimum atomic E-state index is 0.149. The van der Waals surface area contributed by atoms with Crippen molar-refractivity contribution in [3.05, 3.63) is 71.8 Å². The van der Waals surface area contributed by atoms with Crippen LogP contribution in [0.2, 0.25) is 0 Å². The monoisotopic (exact) mass is 329 g/mol. The number of carbonyl (C=O) groups excluding carboxylic acids is 1. The normalized spacial score (nSPS) is 11.3. The van der Waals surface area contributed by atoms with Crippen molar-refractivity contribution in [2.45, 2.75) is 9.79 Å². The second-order valence-corrected chi connectivity index (χ2v) is 7.06. The molecule has 0 aliphatic rings. The fourth-order valence-electron chi connectivity index (χ4n) is 1.74. The Labute approximate surface area is 140 Å². The molecule has 0 spiro atoms. The van der Waals surface area contributed by atoms with Gasteiger partial charge in [0.15, 0.2) is 5.78 Å². The summed E-state index contributed by atoms with van der Waals surface area (Å²) in [6, 6.07) is 20.0. The number of Topliss-reactive ketones (excluding diaryl/α,β-unsaturated/α-hetero) is 1. The minimum absolute atomic E-state index is 0.149. The lowest BCUT2D eigenvalue weighted by Crippen LogP contribution is -2.09. The molecule has 2 nitrogen and oxygen atoms in total. The number of allylic oxidation sites excluding steroid dienone is 1. The molecule has 2 aromatic rings. The predicted molar refractivity (Wildman–Crippen MR) is 96.2 cm³/mol. The average Bonchev–Trinajstić information content (AvgIpc) is 2.53. The highest BCUT2D eigenvalue weighted by Crippen LogP contribution is 2.29. The molecule has 0 unspecified atom stereocenters. The Morgan fingerprint density at radius 2 is 1.50 bits per heavy atom. The van der Waals surface area contributed by atoms with Gasteiger partial charge < -0.3 is 4.90 Å². The molecule has 0 bridgehead atoms. The maximum absolute atomic E-state index is 12.5. The van der Waals surface area contributed by atoms with Gasteiger partial charge in [0.2, 0.25) is 0 Å². The first-order chi connectivity index (χ1) is 10.6. The summed E-state index contributed by atoms with van der Waals surface area (Å²) in [5.41, 5.74) is 0. The zero-order chi connectivity index (χ0) is 15.8. The van der Waals surface area contributed by atoms with Crippen LogP contribution in [0.15, 0.2) is 81.6 Å². The van der Waals surface area contributed by atoms with Crippen LogP contribution in [0.5, 0.6) is 0 Å². The van der Waals surface area contributed by atoms with Crippen LogP contribution in [0.3, 0.4) is 0 Å². The maximum Gasteiger partial charge on any atom is 0.181 e. The molecule has 0 aromatic heterocycles. The van der Waals surface area contributed by atoms with Crippen LogP contribution in [0.1, 0.15) is 0 Å². The standard InChI is InChI=1S/C18H19NOS2/c1-19(2)13-18(22-16-11-7-4-8-12-16)17(20)14-21-15-9-5-3-6-10-15/h3-13H,14H2,1-2H3. The first-order valence-corrected chi connectivity index (χ1v) is 8.77. The molecule has 0 N–H and O–H groups in total. The van der Waals surface area contributed by atoms with Crippen molar-refractivity contribution in [2.75, 3.05) is 19.8 Å². The molecule has 0 saturated heterocycles. The molecule has 0 aliphatic carbocycles. The summed E-state index contributed by atoms with van der Waals surface area (Å²) in [6.45, 7) is 0. The molecule has 0 aliphatic heterocycles. The largest absolute Gasteiger partial charge is 0.382 e. The van der Waals surface area contributed by atoms with Gasteiger partial charge in [-0.3, -0.25) is 4.79 Å². The van der Waals surface area contributed by atoms with Crippen LogP contribution in [-0.2, 0) is 4.79 Å². The van der Waals surface area contributed by atoms with E-state index in [1.54, 1.807) is 11.8 Å². The van der Waals surface area contributed by atoms with Crippen molar-refractivity contribution in [1.82, 2.24) is 4.90 Å². The Balaban J connectivity index is 2.04. The first-order valence-electron chi connectivity index (χ1n) is 6.97. The molecule has 0 heterocycles. The quantitative estimate of drug-likeness (QED) is 0.548. The Kier molecular flexibility index (Phi) is 6.62. The van der Waals surface area contributed by atoms with Crippen LogP contribution in [0.4, 0.5) is 0 Å². The maximum atomic E-state index is 12.5. The molecule has 0 atom stereocenters. The molecule has 0 radical (unpaired) electrons. The van der Waals surface area contributed by atoms with Crippen molar-refractivity contribution in [3.63, 3.8) is 0 Å². The highest BCUT2D eigenvalue weighted by atomic mass is 32.2. The lowest BCUT2D eigenvalue weighted by Gasteiger charge is -2.11. The van der Waals surface area contributed by atoms with E-state index in [1.165, 1.54) is 11.8 Å². The zero-order valence-electron chi connectivity index (χ0n) is 12.7. The third-order valence-corrected chi connectivity index (χ3v) is 4.81. The number of carbonyl (C=O) groups is 1. The van der Waals surface area contributed by atoms with E-state index in [1.807, 2.05) is 85.9 Å². The van der Waals surface area contributed by atoms with E-state index in [9.17, 15) is 4.79 Å². The summed E-state index contributed by atoms with van der Waals surface area (Å²) in [6.07, 6.45) is 1.89. The molecule has 4 heteroatoms. The third-order valence-electron chi connectivity index (χ3n) is 2.73. The predicted octanol–water partition coefficient (Wildman–Crippen LogP) is 4.54. The number of thioether (sulfide) groups is 2. The van der Waals surface area contributed by atoms with E-state index < -0.39 is 0 Å². The van der Waals surface area contributed by atoms with E-state index in [-0.39, 0.29) is 5.78 Å². The van der Waals surface area contributed by atoms with Crippen molar-refractivity contribution < 1.29 is 4.79 Å². The van der Waals surface area contributed by atoms with Gasteiger partial charge in [-0.1, -0.05) is 48.2 Å². The second kappa shape index (κ2) is 8.71. The SMILES string of the molecule is CN(C)C=C(Sc1ccccc1)C(=O)CSc1ccccc1. The summed E-state index contributed by atoms with van der Waals surface area (Å²) < 4.78 is 0. The lowest BCUT2D eigenvalue weighted by molar-refractivity contribution is -0.112. The van der Waals surface area contributed by atoms with Gasteiger partial charge in [-0.2, -0.15) is 0 Å². The van der Waals surface area contributed by atoms with Gasteiger partial charge in [-0.25, -0.2) is 0 Å². The van der Waals surface area contributed by atoms with Crippen molar-refractivity contribution in [1.29, 1.82) is 0 Å². The molecular weight excluding hydrogens is 310 g/mol.